The van der Waals surface area contributed by atoms with E-state index in [-0.39, 0.29) is 0 Å². The SMILES string of the molecule is Clc1cc(Cl)cc(CSCc2cc(Cl)cc(Cl)c2)c1. The summed E-state index contributed by atoms with van der Waals surface area (Å²) in [6, 6.07) is 11.1. The number of hydrogen-bond acceptors (Lipinski definition) is 1. The van der Waals surface area contributed by atoms with Gasteiger partial charge in [0.15, 0.2) is 0 Å². The summed E-state index contributed by atoms with van der Waals surface area (Å²) >= 11 is 25.6. The molecule has 0 bridgehead atoms. The fourth-order valence-corrected chi connectivity index (χ4v) is 3.72. The van der Waals surface area contributed by atoms with Crippen LogP contribution in [0.3, 0.4) is 0 Å². The molecule has 0 spiro atoms. The molecular weight excluding hydrogens is 342 g/mol. The van der Waals surface area contributed by atoms with Crippen molar-refractivity contribution in [1.29, 1.82) is 0 Å². The summed E-state index contributed by atoms with van der Waals surface area (Å²) in [6.07, 6.45) is 0. The Kier molecular flexibility index (Phi) is 5.73. The molecule has 0 nitrogen and oxygen atoms in total. The number of thioether (sulfide) groups is 1. The molecule has 0 radical (unpaired) electrons. The third-order valence-corrected chi connectivity index (χ3v) is 4.33. The van der Waals surface area contributed by atoms with Crippen molar-refractivity contribution < 1.29 is 0 Å². The first-order valence-corrected chi connectivity index (χ1v) is 8.17. The highest BCUT2D eigenvalue weighted by Crippen LogP contribution is 2.26. The molecule has 0 saturated heterocycles. The number of halogens is 4. The zero-order chi connectivity index (χ0) is 13.8. The molecule has 5 heteroatoms. The van der Waals surface area contributed by atoms with E-state index in [0.29, 0.717) is 20.1 Å². The van der Waals surface area contributed by atoms with Crippen LogP contribution in [0.25, 0.3) is 0 Å². The Labute approximate surface area is 137 Å². The van der Waals surface area contributed by atoms with E-state index >= 15 is 0 Å². The second kappa shape index (κ2) is 7.10. The predicted octanol–water partition coefficient (Wildman–Crippen LogP) is 6.73. The summed E-state index contributed by atoms with van der Waals surface area (Å²) in [6.45, 7) is 0. The van der Waals surface area contributed by atoms with E-state index in [0.717, 1.165) is 22.6 Å². The van der Waals surface area contributed by atoms with Crippen LogP contribution < -0.4 is 0 Å². The van der Waals surface area contributed by atoms with Crippen LogP contribution in [0.15, 0.2) is 36.4 Å². The Bertz CT molecular complexity index is 492. The highest BCUT2D eigenvalue weighted by molar-refractivity contribution is 7.97. The van der Waals surface area contributed by atoms with Gasteiger partial charge in [0.05, 0.1) is 0 Å². The van der Waals surface area contributed by atoms with Gasteiger partial charge < -0.3 is 0 Å². The minimum atomic E-state index is 0.661. The van der Waals surface area contributed by atoms with Crippen molar-refractivity contribution in [3.63, 3.8) is 0 Å². The number of benzene rings is 2. The summed E-state index contributed by atoms with van der Waals surface area (Å²) in [7, 11) is 0. The summed E-state index contributed by atoms with van der Waals surface area (Å²) in [5, 5.41) is 2.64. The van der Waals surface area contributed by atoms with Crippen molar-refractivity contribution in [2.45, 2.75) is 11.5 Å². The Morgan fingerprint density at radius 2 is 0.895 bits per heavy atom. The Balaban J connectivity index is 1.96. The molecule has 19 heavy (non-hydrogen) atoms. The molecule has 0 atom stereocenters. The van der Waals surface area contributed by atoms with Gasteiger partial charge in [0.1, 0.15) is 0 Å². The zero-order valence-electron chi connectivity index (χ0n) is 9.80. The van der Waals surface area contributed by atoms with Gasteiger partial charge in [0.25, 0.3) is 0 Å². The second-order valence-corrected chi connectivity index (χ2v) is 6.78. The van der Waals surface area contributed by atoms with E-state index in [4.69, 9.17) is 46.4 Å². The van der Waals surface area contributed by atoms with Crippen LogP contribution in [-0.2, 0) is 11.5 Å². The van der Waals surface area contributed by atoms with E-state index in [1.54, 1.807) is 23.9 Å². The van der Waals surface area contributed by atoms with Gasteiger partial charge in [-0.3, -0.25) is 0 Å². The molecule has 0 heterocycles. The molecule has 2 aromatic carbocycles. The van der Waals surface area contributed by atoms with E-state index < -0.39 is 0 Å². The number of hydrogen-bond donors (Lipinski definition) is 0. The standard InChI is InChI=1S/C14H10Cl4S/c15-11-1-9(2-12(16)5-11)7-19-8-10-3-13(17)6-14(18)4-10/h1-6H,7-8H2. The van der Waals surface area contributed by atoms with Crippen molar-refractivity contribution in [2.75, 3.05) is 0 Å². The van der Waals surface area contributed by atoms with Crippen molar-refractivity contribution >= 4 is 58.2 Å². The molecule has 0 aliphatic rings. The molecule has 100 valence electrons. The van der Waals surface area contributed by atoms with Crippen molar-refractivity contribution in [2.24, 2.45) is 0 Å². The molecule has 0 unspecified atom stereocenters. The van der Waals surface area contributed by atoms with E-state index in [9.17, 15) is 0 Å². The molecule has 0 amide bonds. The number of rotatable bonds is 4. The fraction of sp³-hybridized carbons (Fsp3) is 0.143. The third kappa shape index (κ3) is 5.09. The molecule has 0 N–H and O–H groups in total. The van der Waals surface area contributed by atoms with Crippen molar-refractivity contribution in [3.05, 3.63) is 67.6 Å². The van der Waals surface area contributed by atoms with Crippen LogP contribution in [-0.4, -0.2) is 0 Å². The van der Waals surface area contributed by atoms with Crippen LogP contribution in [0.2, 0.25) is 20.1 Å². The summed E-state index contributed by atoms with van der Waals surface area (Å²) in [5.74, 6) is 1.68. The largest absolute Gasteiger partial charge is 0.152 e. The lowest BCUT2D eigenvalue weighted by Crippen LogP contribution is -1.85. The van der Waals surface area contributed by atoms with Crippen molar-refractivity contribution in [3.8, 4) is 0 Å². The van der Waals surface area contributed by atoms with Gasteiger partial charge in [-0.25, -0.2) is 0 Å². The highest BCUT2D eigenvalue weighted by atomic mass is 35.5. The summed E-state index contributed by atoms with van der Waals surface area (Å²) in [5.41, 5.74) is 2.21. The third-order valence-electron chi connectivity index (χ3n) is 2.38. The first-order chi connectivity index (χ1) is 9.02. The van der Waals surface area contributed by atoms with Gasteiger partial charge >= 0.3 is 0 Å². The first-order valence-electron chi connectivity index (χ1n) is 5.50. The topological polar surface area (TPSA) is 0 Å². The van der Waals surface area contributed by atoms with Crippen molar-refractivity contribution in [1.82, 2.24) is 0 Å². The Morgan fingerprint density at radius 3 is 1.21 bits per heavy atom. The normalized spacial score (nSPS) is 10.7. The summed E-state index contributed by atoms with van der Waals surface area (Å²) < 4.78 is 0. The van der Waals surface area contributed by atoms with Crippen LogP contribution in [0.5, 0.6) is 0 Å². The first kappa shape index (κ1) is 15.3. The highest BCUT2D eigenvalue weighted by Gasteiger charge is 2.01. The maximum atomic E-state index is 5.96. The minimum absolute atomic E-state index is 0.661. The monoisotopic (exact) mass is 350 g/mol. The average Bonchev–Trinajstić information content (AvgIpc) is 2.26. The molecule has 0 aliphatic heterocycles. The van der Waals surface area contributed by atoms with Crippen LogP contribution in [0.4, 0.5) is 0 Å². The van der Waals surface area contributed by atoms with Gasteiger partial charge in [-0.05, 0) is 47.5 Å². The maximum Gasteiger partial charge on any atom is 0.0423 e. The lowest BCUT2D eigenvalue weighted by molar-refractivity contribution is 1.36. The molecule has 0 fully saturated rings. The van der Waals surface area contributed by atoms with Gasteiger partial charge in [-0.2, -0.15) is 11.8 Å². The van der Waals surface area contributed by atoms with Gasteiger partial charge in [-0.15, -0.1) is 0 Å². The lowest BCUT2D eigenvalue weighted by atomic mass is 10.2. The zero-order valence-corrected chi connectivity index (χ0v) is 13.6. The lowest BCUT2D eigenvalue weighted by Gasteiger charge is -2.05. The fourth-order valence-electron chi connectivity index (χ4n) is 1.68. The molecule has 0 saturated carbocycles. The van der Waals surface area contributed by atoms with Crippen LogP contribution in [0.1, 0.15) is 11.1 Å². The molecular formula is C14H10Cl4S. The average molecular weight is 352 g/mol. The smallest absolute Gasteiger partial charge is 0.0423 e. The predicted molar refractivity (Wildman–Crippen MR) is 87.9 cm³/mol. The molecule has 2 aromatic rings. The van der Waals surface area contributed by atoms with Gasteiger partial charge in [0.2, 0.25) is 0 Å². The van der Waals surface area contributed by atoms with Crippen LogP contribution in [0, 0.1) is 0 Å². The van der Waals surface area contributed by atoms with Crippen LogP contribution >= 0.6 is 58.2 Å². The molecule has 0 aromatic heterocycles. The Hall–Kier alpha value is -0.0500. The van der Waals surface area contributed by atoms with Gasteiger partial charge in [-0.1, -0.05) is 46.4 Å². The second-order valence-electron chi connectivity index (χ2n) is 4.05. The molecule has 0 aliphatic carbocycles. The van der Waals surface area contributed by atoms with E-state index in [2.05, 4.69) is 0 Å². The summed E-state index contributed by atoms with van der Waals surface area (Å²) in [4.78, 5) is 0. The quantitative estimate of drug-likeness (QED) is 0.588. The maximum absolute atomic E-state index is 5.96. The Morgan fingerprint density at radius 1 is 0.579 bits per heavy atom. The van der Waals surface area contributed by atoms with E-state index in [1.807, 2.05) is 24.3 Å². The van der Waals surface area contributed by atoms with Gasteiger partial charge in [0, 0.05) is 31.6 Å². The minimum Gasteiger partial charge on any atom is -0.152 e. The van der Waals surface area contributed by atoms with E-state index in [1.165, 1.54) is 0 Å². The molecule has 2 rings (SSSR count).